The highest BCUT2D eigenvalue weighted by atomic mass is 35.5. The number of nitrogens with zero attached hydrogens (tertiary/aromatic N) is 3. The van der Waals surface area contributed by atoms with Crippen LogP contribution in [0.1, 0.15) is 16.7 Å². The van der Waals surface area contributed by atoms with Gasteiger partial charge in [-0.2, -0.15) is 0 Å². The molecule has 1 aliphatic heterocycles. The summed E-state index contributed by atoms with van der Waals surface area (Å²) in [4.78, 5) is 16.3. The standard InChI is InChI=1S/C16H17ClN4O2/c1-20(16(22)23)8-11-2-3-15(17)14-10-21(9-13(11)14)19-12-4-6-18-7-5-12/h2-7H,8-10H2,1H3,(H,18,19)(H,22,23). The van der Waals surface area contributed by atoms with Crippen LogP contribution in [0.4, 0.5) is 10.5 Å². The Morgan fingerprint density at radius 3 is 2.70 bits per heavy atom. The highest BCUT2D eigenvalue weighted by molar-refractivity contribution is 6.31. The largest absolute Gasteiger partial charge is 0.465 e. The van der Waals surface area contributed by atoms with Crippen molar-refractivity contribution in [3.05, 3.63) is 58.4 Å². The molecule has 1 aromatic heterocycles. The van der Waals surface area contributed by atoms with Gasteiger partial charge >= 0.3 is 6.09 Å². The molecule has 1 amide bonds. The van der Waals surface area contributed by atoms with Crippen molar-refractivity contribution in [1.29, 1.82) is 0 Å². The van der Waals surface area contributed by atoms with E-state index in [2.05, 4.69) is 15.4 Å². The van der Waals surface area contributed by atoms with Gasteiger partial charge in [0.2, 0.25) is 0 Å². The Bertz CT molecular complexity index is 724. The molecular weight excluding hydrogens is 316 g/mol. The van der Waals surface area contributed by atoms with Crippen LogP contribution in [0.3, 0.4) is 0 Å². The van der Waals surface area contributed by atoms with Crippen molar-refractivity contribution in [2.24, 2.45) is 0 Å². The van der Waals surface area contributed by atoms with Crippen molar-refractivity contribution in [3.8, 4) is 0 Å². The minimum absolute atomic E-state index is 0.345. The summed E-state index contributed by atoms with van der Waals surface area (Å²) in [7, 11) is 1.56. The molecule has 2 aromatic rings. The normalized spacial score (nSPS) is 13.7. The average molecular weight is 333 g/mol. The quantitative estimate of drug-likeness (QED) is 0.900. The molecule has 0 spiro atoms. The molecule has 0 bridgehead atoms. The van der Waals surface area contributed by atoms with E-state index >= 15 is 0 Å². The molecule has 0 saturated carbocycles. The van der Waals surface area contributed by atoms with Gasteiger partial charge in [-0.1, -0.05) is 17.7 Å². The molecule has 2 heterocycles. The van der Waals surface area contributed by atoms with Crippen LogP contribution in [-0.4, -0.2) is 33.1 Å². The highest BCUT2D eigenvalue weighted by Crippen LogP contribution is 2.32. The van der Waals surface area contributed by atoms with Gasteiger partial charge in [0.25, 0.3) is 0 Å². The molecule has 23 heavy (non-hydrogen) atoms. The van der Waals surface area contributed by atoms with Crippen molar-refractivity contribution < 1.29 is 9.90 Å². The second kappa shape index (κ2) is 6.44. The Kier molecular flexibility index (Phi) is 4.36. The minimum atomic E-state index is -0.946. The van der Waals surface area contributed by atoms with Crippen LogP contribution in [0.15, 0.2) is 36.7 Å². The van der Waals surface area contributed by atoms with Gasteiger partial charge in [0, 0.05) is 44.1 Å². The molecule has 0 unspecified atom stereocenters. The van der Waals surface area contributed by atoms with E-state index in [1.807, 2.05) is 24.3 Å². The molecule has 0 radical (unpaired) electrons. The zero-order chi connectivity index (χ0) is 16.4. The maximum absolute atomic E-state index is 11.0. The summed E-state index contributed by atoms with van der Waals surface area (Å²) in [6.45, 7) is 1.68. The van der Waals surface area contributed by atoms with Crippen molar-refractivity contribution in [2.45, 2.75) is 19.6 Å². The van der Waals surface area contributed by atoms with Gasteiger partial charge in [-0.05, 0) is 34.9 Å². The monoisotopic (exact) mass is 332 g/mol. The molecule has 0 fully saturated rings. The van der Waals surface area contributed by atoms with Gasteiger partial charge in [0.05, 0.1) is 5.69 Å². The van der Waals surface area contributed by atoms with E-state index in [0.717, 1.165) is 22.4 Å². The predicted octanol–water partition coefficient (Wildman–Crippen LogP) is 3.19. The highest BCUT2D eigenvalue weighted by Gasteiger charge is 2.25. The zero-order valence-electron chi connectivity index (χ0n) is 12.7. The van der Waals surface area contributed by atoms with Crippen LogP contribution < -0.4 is 5.43 Å². The molecule has 1 aliphatic rings. The number of halogens is 1. The first-order valence-electron chi connectivity index (χ1n) is 7.19. The van der Waals surface area contributed by atoms with E-state index in [1.165, 1.54) is 4.90 Å². The smallest absolute Gasteiger partial charge is 0.407 e. The number of anilines is 1. The number of nitrogens with one attached hydrogen (secondary N) is 1. The average Bonchev–Trinajstić information content (AvgIpc) is 2.95. The molecule has 2 N–H and O–H groups in total. The Morgan fingerprint density at radius 2 is 2.00 bits per heavy atom. The summed E-state index contributed by atoms with van der Waals surface area (Å²) >= 11 is 6.31. The summed E-state index contributed by atoms with van der Waals surface area (Å²) in [6, 6.07) is 7.52. The minimum Gasteiger partial charge on any atom is -0.465 e. The Morgan fingerprint density at radius 1 is 1.30 bits per heavy atom. The summed E-state index contributed by atoms with van der Waals surface area (Å²) < 4.78 is 0. The first-order valence-corrected chi connectivity index (χ1v) is 7.57. The van der Waals surface area contributed by atoms with Gasteiger partial charge in [0.15, 0.2) is 0 Å². The number of carboxylic acid groups (broad SMARTS) is 1. The summed E-state index contributed by atoms with van der Waals surface area (Å²) in [5.41, 5.74) is 7.39. The molecule has 1 aromatic carbocycles. The third-order valence-corrected chi connectivity index (χ3v) is 4.22. The van der Waals surface area contributed by atoms with Crippen molar-refractivity contribution in [2.75, 3.05) is 12.5 Å². The van der Waals surface area contributed by atoms with Crippen LogP contribution in [-0.2, 0) is 19.6 Å². The number of fused-ring (bicyclic) bond motifs is 1. The van der Waals surface area contributed by atoms with Crippen LogP contribution in [0.5, 0.6) is 0 Å². The fraction of sp³-hybridized carbons (Fsp3) is 0.250. The number of hydrogen-bond donors (Lipinski definition) is 2. The second-order valence-electron chi connectivity index (χ2n) is 5.51. The third-order valence-electron chi connectivity index (χ3n) is 3.87. The summed E-state index contributed by atoms with van der Waals surface area (Å²) in [6.07, 6.45) is 2.51. The Hall–Kier alpha value is -2.31. The molecule has 0 aliphatic carbocycles. The van der Waals surface area contributed by atoms with Crippen molar-refractivity contribution >= 4 is 23.4 Å². The molecule has 0 saturated heterocycles. The van der Waals surface area contributed by atoms with E-state index in [-0.39, 0.29) is 0 Å². The van der Waals surface area contributed by atoms with Gasteiger partial charge in [-0.25, -0.2) is 9.80 Å². The number of rotatable bonds is 4. The number of hydrazine groups is 1. The van der Waals surface area contributed by atoms with Crippen LogP contribution in [0.25, 0.3) is 0 Å². The van der Waals surface area contributed by atoms with Crippen molar-refractivity contribution in [3.63, 3.8) is 0 Å². The van der Waals surface area contributed by atoms with E-state index in [4.69, 9.17) is 16.7 Å². The van der Waals surface area contributed by atoms with E-state index in [0.29, 0.717) is 24.7 Å². The fourth-order valence-corrected chi connectivity index (χ4v) is 2.91. The molecule has 0 atom stereocenters. The zero-order valence-corrected chi connectivity index (χ0v) is 13.4. The lowest BCUT2D eigenvalue weighted by Crippen LogP contribution is -2.25. The first-order chi connectivity index (χ1) is 11.0. The van der Waals surface area contributed by atoms with Gasteiger partial charge in [-0.3, -0.25) is 4.98 Å². The number of aromatic nitrogens is 1. The van der Waals surface area contributed by atoms with E-state index < -0.39 is 6.09 Å². The number of amides is 1. The topological polar surface area (TPSA) is 68.7 Å². The van der Waals surface area contributed by atoms with Crippen molar-refractivity contribution in [1.82, 2.24) is 14.9 Å². The molecule has 3 rings (SSSR count). The van der Waals surface area contributed by atoms with Crippen LogP contribution in [0.2, 0.25) is 5.02 Å². The maximum atomic E-state index is 11.0. The van der Waals surface area contributed by atoms with Crippen LogP contribution in [0, 0.1) is 0 Å². The number of benzene rings is 1. The lowest BCUT2D eigenvalue weighted by Gasteiger charge is -2.18. The Balaban J connectivity index is 1.80. The van der Waals surface area contributed by atoms with Gasteiger partial charge < -0.3 is 15.4 Å². The number of pyridine rings is 1. The Labute approximate surface area is 139 Å². The predicted molar refractivity (Wildman–Crippen MR) is 88.1 cm³/mol. The van der Waals surface area contributed by atoms with Gasteiger partial charge in [-0.15, -0.1) is 0 Å². The second-order valence-corrected chi connectivity index (χ2v) is 5.91. The van der Waals surface area contributed by atoms with E-state index in [9.17, 15) is 4.79 Å². The summed E-state index contributed by atoms with van der Waals surface area (Å²) in [5, 5.41) is 11.8. The first kappa shape index (κ1) is 15.6. The lowest BCUT2D eigenvalue weighted by atomic mass is 10.0. The van der Waals surface area contributed by atoms with Gasteiger partial charge in [0.1, 0.15) is 0 Å². The fourth-order valence-electron chi connectivity index (χ4n) is 2.68. The molecule has 6 nitrogen and oxygen atoms in total. The third kappa shape index (κ3) is 3.38. The van der Waals surface area contributed by atoms with Crippen LogP contribution >= 0.6 is 11.6 Å². The SMILES string of the molecule is CN(Cc1ccc(Cl)c2c1CN(Nc1ccncc1)C2)C(=O)O. The summed E-state index contributed by atoms with van der Waals surface area (Å²) in [5.74, 6) is 0. The molecule has 120 valence electrons. The van der Waals surface area contributed by atoms with E-state index in [1.54, 1.807) is 19.4 Å². The number of hydrogen-bond acceptors (Lipinski definition) is 4. The maximum Gasteiger partial charge on any atom is 0.407 e. The molecular formula is C16H17ClN4O2. The lowest BCUT2D eigenvalue weighted by molar-refractivity contribution is 0.153. The number of carbonyl (C=O) groups is 1. The molecule has 7 heteroatoms.